The van der Waals surface area contributed by atoms with E-state index < -0.39 is 5.91 Å². The smallest absolute Gasteiger partial charge is 0.285 e. The van der Waals surface area contributed by atoms with Crippen LogP contribution < -0.4 is 11.1 Å². The van der Waals surface area contributed by atoms with E-state index in [-0.39, 0.29) is 34.6 Å². The van der Waals surface area contributed by atoms with Crippen molar-refractivity contribution in [2.75, 3.05) is 6.54 Å². The van der Waals surface area contributed by atoms with Crippen LogP contribution in [0.2, 0.25) is 0 Å². The Morgan fingerprint density at radius 2 is 2.19 bits per heavy atom. The molecule has 0 aliphatic rings. The molecule has 0 aromatic carbocycles. The van der Waals surface area contributed by atoms with Gasteiger partial charge in [0, 0.05) is 12.7 Å². The quantitative estimate of drug-likeness (QED) is 0.316. The van der Waals surface area contributed by atoms with E-state index >= 15 is 0 Å². The van der Waals surface area contributed by atoms with Gasteiger partial charge < -0.3 is 21.6 Å². The first-order chi connectivity index (χ1) is 12.8. The highest BCUT2D eigenvalue weighted by Gasteiger charge is 2.21. The summed E-state index contributed by atoms with van der Waals surface area (Å²) < 4.78 is 1.54. The summed E-state index contributed by atoms with van der Waals surface area (Å²) in [5, 5.41) is 27.5. The van der Waals surface area contributed by atoms with E-state index in [1.165, 1.54) is 6.92 Å². The molecule has 140 valence electrons. The number of aromatic nitrogens is 6. The predicted octanol–water partition coefficient (Wildman–Crippen LogP) is 0.797. The number of amides is 1. The summed E-state index contributed by atoms with van der Waals surface area (Å²) in [5.74, 6) is -0.465. The van der Waals surface area contributed by atoms with Crippen LogP contribution >= 0.6 is 0 Å². The number of aryl methyl sites for hydroxylation is 1. The second-order valence-corrected chi connectivity index (χ2v) is 5.82. The molecule has 11 nitrogen and oxygen atoms in total. The van der Waals surface area contributed by atoms with E-state index in [1.807, 2.05) is 6.92 Å². The number of nitrogens with one attached hydrogen (secondary N) is 3. The van der Waals surface area contributed by atoms with Crippen molar-refractivity contribution in [3.8, 4) is 11.5 Å². The summed E-state index contributed by atoms with van der Waals surface area (Å²) in [6.07, 6.45) is 3.21. The van der Waals surface area contributed by atoms with Crippen molar-refractivity contribution in [1.29, 1.82) is 5.41 Å². The van der Waals surface area contributed by atoms with Gasteiger partial charge in [-0.1, -0.05) is 0 Å². The Morgan fingerprint density at radius 3 is 2.81 bits per heavy atom. The lowest BCUT2D eigenvalue weighted by Gasteiger charge is -2.07. The Morgan fingerprint density at radius 1 is 1.44 bits per heavy atom. The molecular weight excluding hydrogens is 350 g/mol. The summed E-state index contributed by atoms with van der Waals surface area (Å²) in [6.45, 7) is 5.58. The van der Waals surface area contributed by atoms with Gasteiger partial charge in [0.1, 0.15) is 11.4 Å². The molecule has 0 unspecified atom stereocenters. The third-order valence-electron chi connectivity index (χ3n) is 3.75. The molecule has 0 atom stereocenters. The third kappa shape index (κ3) is 3.21. The minimum Gasteiger partial charge on any atom is -0.504 e. The van der Waals surface area contributed by atoms with Crippen LogP contribution in [0.25, 0.3) is 22.7 Å². The van der Waals surface area contributed by atoms with Gasteiger partial charge in [0.05, 0.1) is 23.1 Å². The molecule has 0 spiro atoms. The first-order valence-electron chi connectivity index (χ1n) is 8.13. The number of primary amides is 1. The SMILES string of the molecule is CCN/C(=C(/O)C(C)=N)c1n[nH]c(-c2nc(C(N)=O)n3cc(C)ncc23)n1. The van der Waals surface area contributed by atoms with Crippen LogP contribution in [0.5, 0.6) is 0 Å². The van der Waals surface area contributed by atoms with Gasteiger partial charge in [0.2, 0.25) is 11.6 Å². The van der Waals surface area contributed by atoms with Gasteiger partial charge in [0.15, 0.2) is 11.6 Å². The van der Waals surface area contributed by atoms with Crippen molar-refractivity contribution in [3.05, 3.63) is 35.5 Å². The Balaban J connectivity index is 2.16. The molecule has 0 fully saturated rings. The summed E-state index contributed by atoms with van der Waals surface area (Å²) in [4.78, 5) is 24.6. The molecule has 0 aliphatic heterocycles. The van der Waals surface area contributed by atoms with Crippen LogP contribution in [0.3, 0.4) is 0 Å². The molecule has 27 heavy (non-hydrogen) atoms. The predicted molar refractivity (Wildman–Crippen MR) is 98.2 cm³/mol. The standard InChI is InChI=1S/C16H19N9O2/c1-4-19-11(12(26)8(3)17)15-22-14(23-24-15)10-9-5-20-7(2)6-25(9)16(21-10)13(18)27/h5-6,17,19,26H,4H2,1-3H3,(H2,18,27)(H,22,23,24)/b12-11+,17-8?. The number of nitrogens with zero attached hydrogens (tertiary/aromatic N) is 5. The molecule has 3 heterocycles. The lowest BCUT2D eigenvalue weighted by molar-refractivity contribution is 0.0990. The van der Waals surface area contributed by atoms with Gasteiger partial charge in [-0.2, -0.15) is 5.10 Å². The summed E-state index contributed by atoms with van der Waals surface area (Å²) in [7, 11) is 0. The van der Waals surface area contributed by atoms with Crippen molar-refractivity contribution >= 4 is 22.8 Å². The zero-order valence-corrected chi connectivity index (χ0v) is 15.0. The number of nitrogens with two attached hydrogens (primary N) is 1. The summed E-state index contributed by atoms with van der Waals surface area (Å²) in [6, 6.07) is 0. The fourth-order valence-corrected chi connectivity index (χ4v) is 2.54. The van der Waals surface area contributed by atoms with Crippen molar-refractivity contribution in [1.82, 2.24) is 34.9 Å². The van der Waals surface area contributed by atoms with E-state index in [1.54, 1.807) is 23.7 Å². The Bertz CT molecular complexity index is 1080. The van der Waals surface area contributed by atoms with Crippen LogP contribution in [0.4, 0.5) is 0 Å². The van der Waals surface area contributed by atoms with Crippen LogP contribution in [0.1, 0.15) is 36.0 Å². The number of H-pyrrole nitrogens is 1. The first-order valence-corrected chi connectivity index (χ1v) is 8.13. The number of aliphatic hydroxyl groups excluding tert-OH is 1. The van der Waals surface area contributed by atoms with Gasteiger partial charge in [-0.3, -0.25) is 19.3 Å². The van der Waals surface area contributed by atoms with Gasteiger partial charge in [0.25, 0.3) is 5.91 Å². The summed E-state index contributed by atoms with van der Waals surface area (Å²) in [5.41, 5.74) is 7.18. The number of aromatic amines is 1. The van der Waals surface area contributed by atoms with Gasteiger partial charge in [-0.15, -0.1) is 0 Å². The largest absolute Gasteiger partial charge is 0.504 e. The van der Waals surface area contributed by atoms with Gasteiger partial charge in [-0.25, -0.2) is 9.97 Å². The monoisotopic (exact) mass is 369 g/mol. The fourth-order valence-electron chi connectivity index (χ4n) is 2.54. The molecular formula is C16H19N9O2. The topological polar surface area (TPSA) is 171 Å². The number of hydrogen-bond acceptors (Lipinski definition) is 8. The minimum absolute atomic E-state index is 0.0274. The van der Waals surface area contributed by atoms with Crippen LogP contribution in [0, 0.1) is 12.3 Å². The number of carbonyl (C=O) groups excluding carboxylic acids is 1. The van der Waals surface area contributed by atoms with E-state index in [0.29, 0.717) is 23.4 Å². The highest BCUT2D eigenvalue weighted by Crippen LogP contribution is 2.23. The van der Waals surface area contributed by atoms with Gasteiger partial charge in [-0.05, 0) is 20.8 Å². The number of hydrogen-bond donors (Lipinski definition) is 5. The molecule has 0 saturated carbocycles. The highest BCUT2D eigenvalue weighted by molar-refractivity contribution is 5.99. The average Bonchev–Trinajstić information content (AvgIpc) is 3.23. The highest BCUT2D eigenvalue weighted by atomic mass is 16.3. The van der Waals surface area contributed by atoms with Crippen LogP contribution in [-0.2, 0) is 0 Å². The van der Waals surface area contributed by atoms with Crippen molar-refractivity contribution in [2.24, 2.45) is 5.73 Å². The normalized spacial score (nSPS) is 12.1. The second kappa shape index (κ2) is 6.86. The molecule has 11 heteroatoms. The van der Waals surface area contributed by atoms with Gasteiger partial charge >= 0.3 is 0 Å². The molecule has 3 aromatic heterocycles. The van der Waals surface area contributed by atoms with Crippen molar-refractivity contribution in [3.63, 3.8) is 0 Å². The van der Waals surface area contributed by atoms with E-state index in [2.05, 4.69) is 30.5 Å². The van der Waals surface area contributed by atoms with Crippen LogP contribution in [0.15, 0.2) is 18.2 Å². The zero-order chi connectivity index (χ0) is 19.7. The first kappa shape index (κ1) is 18.0. The summed E-state index contributed by atoms with van der Waals surface area (Å²) >= 11 is 0. The Kier molecular flexibility index (Phi) is 4.59. The number of allylic oxidation sites excluding steroid dienone is 1. The number of rotatable bonds is 6. The fraction of sp³-hybridized carbons (Fsp3) is 0.250. The molecule has 0 aliphatic carbocycles. The van der Waals surface area contributed by atoms with E-state index in [4.69, 9.17) is 11.1 Å². The van der Waals surface area contributed by atoms with Crippen LogP contribution in [-0.4, -0.2) is 52.8 Å². The molecule has 0 saturated heterocycles. The second-order valence-electron chi connectivity index (χ2n) is 5.82. The Hall–Kier alpha value is -3.76. The molecule has 1 amide bonds. The lowest BCUT2D eigenvalue weighted by Crippen LogP contribution is -2.17. The maximum atomic E-state index is 11.7. The maximum absolute atomic E-state index is 11.7. The average molecular weight is 369 g/mol. The van der Waals surface area contributed by atoms with Crippen molar-refractivity contribution in [2.45, 2.75) is 20.8 Å². The molecule has 0 radical (unpaired) electrons. The third-order valence-corrected chi connectivity index (χ3v) is 3.75. The molecule has 0 bridgehead atoms. The number of imidazole rings is 1. The lowest BCUT2D eigenvalue weighted by atomic mass is 10.2. The number of carbonyl (C=O) groups is 1. The Labute approximate surface area is 153 Å². The van der Waals surface area contributed by atoms with E-state index in [9.17, 15) is 9.90 Å². The minimum atomic E-state index is -0.688. The molecule has 6 N–H and O–H groups in total. The number of fused-ring (bicyclic) bond motifs is 1. The zero-order valence-electron chi connectivity index (χ0n) is 15.0. The molecule has 3 rings (SSSR count). The van der Waals surface area contributed by atoms with Crippen molar-refractivity contribution < 1.29 is 9.90 Å². The number of aliphatic hydroxyl groups is 1. The van der Waals surface area contributed by atoms with E-state index in [0.717, 1.165) is 0 Å². The molecule has 3 aromatic rings. The maximum Gasteiger partial charge on any atom is 0.285 e.